The Bertz CT molecular complexity index is 2100. The summed E-state index contributed by atoms with van der Waals surface area (Å²) in [7, 11) is 0. The van der Waals surface area contributed by atoms with Crippen molar-refractivity contribution in [2.24, 2.45) is 5.41 Å². The number of aromatic nitrogens is 3. The minimum Gasteiger partial charge on any atom is -0.294 e. The highest BCUT2D eigenvalue weighted by atomic mass is 15.3. The number of hydrogen-bond donors (Lipinski definition) is 0. The molecule has 0 fully saturated rings. The van der Waals surface area contributed by atoms with Crippen LogP contribution in [0.15, 0.2) is 121 Å². The molecule has 0 amide bonds. The van der Waals surface area contributed by atoms with Gasteiger partial charge in [0.1, 0.15) is 5.82 Å². The first-order chi connectivity index (χ1) is 19.7. The predicted molar refractivity (Wildman–Crippen MR) is 165 cm³/mol. The quantitative estimate of drug-likeness (QED) is 0.232. The van der Waals surface area contributed by atoms with Crippen LogP contribution in [0.5, 0.6) is 0 Å². The minimum atomic E-state index is -0.0902. The predicted octanol–water partition coefficient (Wildman–Crippen LogP) is 8.78. The summed E-state index contributed by atoms with van der Waals surface area (Å²) in [6.07, 6.45) is 11.8. The fourth-order valence-electron chi connectivity index (χ4n) is 7.44. The number of fused-ring (bicyclic) bond motifs is 4. The van der Waals surface area contributed by atoms with Gasteiger partial charge in [0.25, 0.3) is 0 Å². The Kier molecular flexibility index (Phi) is 4.30. The van der Waals surface area contributed by atoms with Gasteiger partial charge in [0.2, 0.25) is 0 Å². The molecule has 190 valence electrons. The van der Waals surface area contributed by atoms with E-state index in [1.54, 1.807) is 0 Å². The van der Waals surface area contributed by atoms with E-state index in [0.29, 0.717) is 6.54 Å². The second-order valence-corrected chi connectivity index (χ2v) is 11.5. The molecule has 3 nitrogen and oxygen atoms in total. The Hall–Kier alpha value is -4.89. The van der Waals surface area contributed by atoms with Crippen molar-refractivity contribution in [3.05, 3.63) is 144 Å². The van der Waals surface area contributed by atoms with Crippen LogP contribution in [0.1, 0.15) is 35.2 Å². The van der Waals surface area contributed by atoms with Gasteiger partial charge in [0, 0.05) is 22.1 Å². The molecule has 0 spiro atoms. The lowest BCUT2D eigenvalue weighted by Crippen LogP contribution is -2.27. The Balaban J connectivity index is 1.44. The van der Waals surface area contributed by atoms with Gasteiger partial charge in [-0.2, -0.15) is 5.10 Å². The number of nitrogens with zero attached hydrogens (tertiary/aromatic N) is 3. The standard InChI is InChI=1S/C37H27N3/c1-37-21-10-17-28-26-14-6-5-13-25(26)27-16-9-19-31-33(27)34(35(28)37)32(20-22-37)40(31)36-29-15-7-8-18-30(29)38-39(36)23-24-11-3-2-4-12-24/h2-22,35H,23H2,1H3. The van der Waals surface area contributed by atoms with Crippen LogP contribution in [0.2, 0.25) is 0 Å². The second-order valence-electron chi connectivity index (χ2n) is 11.5. The molecule has 0 saturated heterocycles. The van der Waals surface area contributed by atoms with Crippen LogP contribution in [0.25, 0.3) is 50.4 Å². The van der Waals surface area contributed by atoms with Crippen molar-refractivity contribution < 1.29 is 0 Å². The summed E-state index contributed by atoms with van der Waals surface area (Å²) in [5, 5.41) is 7.68. The van der Waals surface area contributed by atoms with Crippen molar-refractivity contribution in [2.75, 3.05) is 0 Å². The third-order valence-corrected chi connectivity index (χ3v) is 9.16. The third kappa shape index (κ3) is 2.82. The zero-order valence-electron chi connectivity index (χ0n) is 22.3. The first kappa shape index (κ1) is 22.0. The monoisotopic (exact) mass is 513 g/mol. The highest BCUT2D eigenvalue weighted by Crippen LogP contribution is 2.59. The molecule has 2 unspecified atom stereocenters. The maximum atomic E-state index is 5.15. The molecular weight excluding hydrogens is 486 g/mol. The van der Waals surface area contributed by atoms with E-state index in [9.17, 15) is 0 Å². The summed E-state index contributed by atoms with van der Waals surface area (Å²) >= 11 is 0. The topological polar surface area (TPSA) is 22.8 Å². The van der Waals surface area contributed by atoms with E-state index < -0.39 is 0 Å². The Morgan fingerprint density at radius 3 is 2.45 bits per heavy atom. The average molecular weight is 514 g/mol. The van der Waals surface area contributed by atoms with Crippen molar-refractivity contribution >= 4 is 33.5 Å². The molecule has 0 aliphatic heterocycles. The Morgan fingerprint density at radius 1 is 0.775 bits per heavy atom. The summed E-state index contributed by atoms with van der Waals surface area (Å²) < 4.78 is 4.69. The molecule has 2 aromatic heterocycles. The molecular formula is C37H27N3. The lowest BCUT2D eigenvalue weighted by atomic mass is 9.63. The highest BCUT2D eigenvalue weighted by molar-refractivity contribution is 6.09. The van der Waals surface area contributed by atoms with Crippen LogP contribution >= 0.6 is 0 Å². The van der Waals surface area contributed by atoms with Gasteiger partial charge in [-0.15, -0.1) is 0 Å². The van der Waals surface area contributed by atoms with E-state index in [2.05, 4.69) is 144 Å². The van der Waals surface area contributed by atoms with Gasteiger partial charge in [0.15, 0.2) is 0 Å². The maximum absolute atomic E-state index is 5.15. The molecule has 3 aliphatic carbocycles. The van der Waals surface area contributed by atoms with Crippen LogP contribution < -0.4 is 0 Å². The van der Waals surface area contributed by atoms with Gasteiger partial charge in [-0.1, -0.05) is 110 Å². The SMILES string of the molecule is CC12C=CC=C3c4ccccc4-c4cccc5c4c(c(n5-c4c5ccccc5nn4Cc4ccccc4)C=C1)C32. The van der Waals surface area contributed by atoms with Gasteiger partial charge in [-0.05, 0) is 57.7 Å². The summed E-state index contributed by atoms with van der Waals surface area (Å²) in [4.78, 5) is 0. The van der Waals surface area contributed by atoms with E-state index in [1.807, 2.05) is 0 Å². The molecule has 0 bridgehead atoms. The van der Waals surface area contributed by atoms with E-state index in [-0.39, 0.29) is 11.3 Å². The average Bonchev–Trinajstić information content (AvgIpc) is 3.47. The van der Waals surface area contributed by atoms with Crippen LogP contribution in [0.3, 0.4) is 0 Å². The smallest absolute Gasteiger partial charge is 0.144 e. The summed E-state index contributed by atoms with van der Waals surface area (Å²) in [6.45, 7) is 3.09. The molecule has 0 saturated carbocycles. The summed E-state index contributed by atoms with van der Waals surface area (Å²) in [5.74, 6) is 1.37. The second kappa shape index (κ2) is 7.83. The molecule has 0 radical (unpaired) electrons. The van der Waals surface area contributed by atoms with Crippen LogP contribution in [0, 0.1) is 5.41 Å². The number of hydrogen-bond acceptors (Lipinski definition) is 1. The van der Waals surface area contributed by atoms with E-state index in [0.717, 1.165) is 11.3 Å². The largest absolute Gasteiger partial charge is 0.294 e. The van der Waals surface area contributed by atoms with Crippen molar-refractivity contribution in [3.8, 4) is 16.9 Å². The fourth-order valence-corrected chi connectivity index (χ4v) is 7.44. The molecule has 6 aromatic rings. The lowest BCUT2D eigenvalue weighted by molar-refractivity contribution is 0.493. The summed E-state index contributed by atoms with van der Waals surface area (Å²) in [6, 6.07) is 35.0. The number of benzene rings is 4. The van der Waals surface area contributed by atoms with Gasteiger partial charge in [-0.3, -0.25) is 4.57 Å². The van der Waals surface area contributed by atoms with Gasteiger partial charge in [0.05, 0.1) is 23.3 Å². The van der Waals surface area contributed by atoms with Crippen LogP contribution in [0.4, 0.5) is 0 Å². The molecule has 2 atom stereocenters. The highest BCUT2D eigenvalue weighted by Gasteiger charge is 2.44. The lowest BCUT2D eigenvalue weighted by Gasteiger charge is -2.39. The van der Waals surface area contributed by atoms with Crippen molar-refractivity contribution in [1.82, 2.24) is 14.3 Å². The van der Waals surface area contributed by atoms with Crippen LogP contribution in [-0.2, 0) is 6.54 Å². The summed E-state index contributed by atoms with van der Waals surface area (Å²) in [5.41, 5.74) is 11.5. The van der Waals surface area contributed by atoms with E-state index in [4.69, 9.17) is 5.10 Å². The van der Waals surface area contributed by atoms with Gasteiger partial charge < -0.3 is 0 Å². The zero-order valence-corrected chi connectivity index (χ0v) is 22.3. The number of rotatable bonds is 3. The molecule has 2 heterocycles. The van der Waals surface area contributed by atoms with Crippen molar-refractivity contribution in [3.63, 3.8) is 0 Å². The fraction of sp³-hybridized carbons (Fsp3) is 0.108. The zero-order chi connectivity index (χ0) is 26.4. The van der Waals surface area contributed by atoms with Gasteiger partial charge >= 0.3 is 0 Å². The molecule has 3 aliphatic rings. The molecule has 4 aromatic carbocycles. The first-order valence-corrected chi connectivity index (χ1v) is 14.1. The minimum absolute atomic E-state index is 0.0902. The van der Waals surface area contributed by atoms with E-state index in [1.165, 1.54) is 55.4 Å². The normalized spacial score (nSPS) is 20.0. The van der Waals surface area contributed by atoms with Crippen LogP contribution in [-0.4, -0.2) is 14.3 Å². The van der Waals surface area contributed by atoms with Crippen molar-refractivity contribution in [2.45, 2.75) is 19.4 Å². The molecule has 40 heavy (non-hydrogen) atoms. The third-order valence-electron chi connectivity index (χ3n) is 9.16. The molecule has 0 N–H and O–H groups in total. The number of allylic oxidation sites excluding steroid dienone is 5. The van der Waals surface area contributed by atoms with Gasteiger partial charge in [-0.25, -0.2) is 4.68 Å². The Morgan fingerprint density at radius 2 is 1.55 bits per heavy atom. The maximum Gasteiger partial charge on any atom is 0.144 e. The van der Waals surface area contributed by atoms with Crippen molar-refractivity contribution in [1.29, 1.82) is 0 Å². The first-order valence-electron chi connectivity index (χ1n) is 14.1. The van der Waals surface area contributed by atoms with E-state index >= 15 is 0 Å². The molecule has 3 heteroatoms. The Labute approximate surface area is 233 Å². The molecule has 9 rings (SSSR count).